The quantitative estimate of drug-likeness (QED) is 0.631. The van der Waals surface area contributed by atoms with E-state index < -0.39 is 6.10 Å². The number of aliphatic hydroxyl groups excluding tert-OH is 1. The number of ether oxygens (including phenoxy) is 2. The lowest BCUT2D eigenvalue weighted by atomic mass is 9.65. The molecule has 1 heterocycles. The lowest BCUT2D eigenvalue weighted by molar-refractivity contribution is -0.160. The molecule has 4 rings (SSSR count). The van der Waals surface area contributed by atoms with Gasteiger partial charge in [-0.3, -0.25) is 4.79 Å². The van der Waals surface area contributed by atoms with Gasteiger partial charge in [-0.2, -0.15) is 0 Å². The SMILES string of the molecule is Cc1ccc(C)c(C(=O)O[C@H]2C[C@@H](C)C=C3C=C[C@H](C)[C@H](CC[C@@H]4C[C@@H](O)CC(=O)O4)[C@H]32)c1. The van der Waals surface area contributed by atoms with Gasteiger partial charge in [-0.1, -0.05) is 49.8 Å². The van der Waals surface area contributed by atoms with E-state index in [1.165, 1.54) is 5.57 Å². The van der Waals surface area contributed by atoms with Gasteiger partial charge in [0.2, 0.25) is 0 Å². The smallest absolute Gasteiger partial charge is 0.338 e. The number of allylic oxidation sites excluding steroid dienone is 3. The molecule has 5 heteroatoms. The van der Waals surface area contributed by atoms with Crippen LogP contribution in [0, 0.1) is 37.5 Å². The van der Waals surface area contributed by atoms with Gasteiger partial charge in [-0.15, -0.1) is 0 Å². The highest BCUT2D eigenvalue weighted by atomic mass is 16.5. The number of hydrogen-bond acceptors (Lipinski definition) is 5. The number of aliphatic hydroxyl groups is 1. The molecule has 1 aromatic carbocycles. The molecule has 1 saturated heterocycles. The fourth-order valence-corrected chi connectivity index (χ4v) is 5.79. The van der Waals surface area contributed by atoms with Crippen molar-refractivity contribution in [3.8, 4) is 0 Å². The maximum atomic E-state index is 13.2. The number of esters is 2. The lowest BCUT2D eigenvalue weighted by Gasteiger charge is -2.43. The van der Waals surface area contributed by atoms with E-state index in [-0.39, 0.29) is 42.4 Å². The van der Waals surface area contributed by atoms with Crippen LogP contribution in [0.1, 0.15) is 67.4 Å². The molecular formula is C28H36O5. The lowest BCUT2D eigenvalue weighted by Crippen LogP contribution is -2.41. The average molecular weight is 453 g/mol. The van der Waals surface area contributed by atoms with Gasteiger partial charge in [0.05, 0.1) is 18.1 Å². The molecule has 0 unspecified atom stereocenters. The van der Waals surface area contributed by atoms with Gasteiger partial charge in [-0.05, 0) is 68.1 Å². The van der Waals surface area contributed by atoms with E-state index in [4.69, 9.17) is 9.47 Å². The van der Waals surface area contributed by atoms with Crippen LogP contribution in [0.3, 0.4) is 0 Å². The summed E-state index contributed by atoms with van der Waals surface area (Å²) in [6, 6.07) is 5.88. The first-order chi connectivity index (χ1) is 15.7. The number of cyclic esters (lactones) is 1. The van der Waals surface area contributed by atoms with Gasteiger partial charge in [0.25, 0.3) is 0 Å². The first-order valence-electron chi connectivity index (χ1n) is 12.3. The van der Waals surface area contributed by atoms with Gasteiger partial charge in [-0.25, -0.2) is 4.79 Å². The summed E-state index contributed by atoms with van der Waals surface area (Å²) in [4.78, 5) is 25.0. The van der Waals surface area contributed by atoms with Crippen LogP contribution in [0.5, 0.6) is 0 Å². The van der Waals surface area contributed by atoms with E-state index in [0.717, 1.165) is 24.0 Å². The molecule has 0 spiro atoms. The van der Waals surface area contributed by atoms with Crippen LogP contribution in [0.25, 0.3) is 0 Å². The van der Waals surface area contributed by atoms with Crippen LogP contribution < -0.4 is 0 Å². The largest absolute Gasteiger partial charge is 0.462 e. The van der Waals surface area contributed by atoms with Crippen molar-refractivity contribution >= 4 is 11.9 Å². The summed E-state index contributed by atoms with van der Waals surface area (Å²) in [7, 11) is 0. The first-order valence-corrected chi connectivity index (χ1v) is 12.3. The Hall–Kier alpha value is -2.40. The van der Waals surface area contributed by atoms with E-state index in [1.54, 1.807) is 0 Å². The molecule has 178 valence electrons. The summed E-state index contributed by atoms with van der Waals surface area (Å²) < 4.78 is 11.7. The van der Waals surface area contributed by atoms with Gasteiger partial charge in [0.1, 0.15) is 12.2 Å². The molecular weight excluding hydrogens is 416 g/mol. The van der Waals surface area contributed by atoms with Crippen molar-refractivity contribution < 1.29 is 24.2 Å². The average Bonchev–Trinajstić information content (AvgIpc) is 2.74. The molecule has 0 aromatic heterocycles. The van der Waals surface area contributed by atoms with Crippen molar-refractivity contribution in [2.75, 3.05) is 0 Å². The Balaban J connectivity index is 1.53. The number of aryl methyl sites for hydroxylation is 2. The zero-order valence-corrected chi connectivity index (χ0v) is 20.1. The molecule has 0 amide bonds. The normalized spacial score (nSPS) is 33.7. The first kappa shape index (κ1) is 23.7. The van der Waals surface area contributed by atoms with Crippen LogP contribution >= 0.6 is 0 Å². The molecule has 5 nitrogen and oxygen atoms in total. The van der Waals surface area contributed by atoms with Gasteiger partial charge < -0.3 is 14.6 Å². The Morgan fingerprint density at radius 3 is 2.73 bits per heavy atom. The van der Waals surface area contributed by atoms with E-state index in [1.807, 2.05) is 32.0 Å². The second-order valence-electron chi connectivity index (χ2n) is 10.3. The number of carbonyl (C=O) groups excluding carboxylic acids is 2. The predicted molar refractivity (Wildman–Crippen MR) is 127 cm³/mol. The molecule has 0 bridgehead atoms. The van der Waals surface area contributed by atoms with Crippen LogP contribution in [-0.2, 0) is 14.3 Å². The van der Waals surface area contributed by atoms with E-state index in [9.17, 15) is 14.7 Å². The van der Waals surface area contributed by atoms with Crippen molar-refractivity contribution in [1.82, 2.24) is 0 Å². The minimum absolute atomic E-state index is 0.0862. The summed E-state index contributed by atoms with van der Waals surface area (Å²) in [5.41, 5.74) is 3.85. The summed E-state index contributed by atoms with van der Waals surface area (Å²) in [5, 5.41) is 9.97. The van der Waals surface area contributed by atoms with Crippen LogP contribution in [0.4, 0.5) is 0 Å². The van der Waals surface area contributed by atoms with Crippen molar-refractivity contribution in [1.29, 1.82) is 0 Å². The molecule has 1 fully saturated rings. The number of carbonyl (C=O) groups is 2. The highest BCUT2D eigenvalue weighted by Gasteiger charge is 2.42. The van der Waals surface area contributed by atoms with Crippen LogP contribution in [0.15, 0.2) is 42.0 Å². The van der Waals surface area contributed by atoms with E-state index in [2.05, 4.69) is 32.1 Å². The second kappa shape index (κ2) is 9.84. The van der Waals surface area contributed by atoms with Gasteiger partial charge in [0, 0.05) is 12.3 Å². The third-order valence-electron chi connectivity index (χ3n) is 7.52. The molecule has 1 N–H and O–H groups in total. The van der Waals surface area contributed by atoms with Crippen LogP contribution in [0.2, 0.25) is 0 Å². The predicted octanol–water partition coefficient (Wildman–Crippen LogP) is 5.08. The monoisotopic (exact) mass is 452 g/mol. The Morgan fingerprint density at radius 1 is 1.18 bits per heavy atom. The van der Waals surface area contributed by atoms with Crippen LogP contribution in [-0.4, -0.2) is 35.4 Å². The van der Waals surface area contributed by atoms with E-state index in [0.29, 0.717) is 30.2 Å². The summed E-state index contributed by atoms with van der Waals surface area (Å²) in [5.74, 6) is 0.498. The third kappa shape index (κ3) is 5.40. The maximum Gasteiger partial charge on any atom is 0.338 e. The Labute approximate surface area is 196 Å². The molecule has 2 aliphatic carbocycles. The highest BCUT2D eigenvalue weighted by Crippen LogP contribution is 2.45. The summed E-state index contributed by atoms with van der Waals surface area (Å²) in [6.45, 7) is 8.31. The fourth-order valence-electron chi connectivity index (χ4n) is 5.79. The zero-order chi connectivity index (χ0) is 23.7. The molecule has 0 saturated carbocycles. The highest BCUT2D eigenvalue weighted by molar-refractivity contribution is 5.91. The molecule has 1 aliphatic heterocycles. The van der Waals surface area contributed by atoms with Crippen molar-refractivity contribution in [2.45, 2.75) is 78.1 Å². The minimum Gasteiger partial charge on any atom is -0.462 e. The summed E-state index contributed by atoms with van der Waals surface area (Å²) in [6.07, 6.45) is 8.66. The standard InChI is InChI=1S/C28H36O5/c1-16-5-6-19(4)24(12-16)28(31)33-25-13-17(2)11-20-8-7-18(3)23(27(20)25)10-9-22-14-21(29)15-26(30)32-22/h5-8,11-12,17-18,21-23,25,27,29H,9-10,13-15H2,1-4H3/t17-,18-,21+,22+,23-,25-,27-/m0/s1. The Kier molecular flexibility index (Phi) is 7.08. The minimum atomic E-state index is -0.614. The topological polar surface area (TPSA) is 72.8 Å². The molecule has 7 atom stereocenters. The number of benzene rings is 1. The number of fused-ring (bicyclic) bond motifs is 1. The van der Waals surface area contributed by atoms with Crippen molar-refractivity contribution in [3.63, 3.8) is 0 Å². The van der Waals surface area contributed by atoms with Gasteiger partial charge >= 0.3 is 11.9 Å². The van der Waals surface area contributed by atoms with Gasteiger partial charge in [0.15, 0.2) is 0 Å². The summed E-state index contributed by atoms with van der Waals surface area (Å²) >= 11 is 0. The molecule has 0 radical (unpaired) electrons. The van der Waals surface area contributed by atoms with Crippen molar-refractivity contribution in [3.05, 3.63) is 58.7 Å². The molecule has 1 aromatic rings. The number of rotatable bonds is 5. The second-order valence-corrected chi connectivity index (χ2v) is 10.3. The zero-order valence-electron chi connectivity index (χ0n) is 20.1. The Morgan fingerprint density at radius 2 is 1.97 bits per heavy atom. The molecule has 3 aliphatic rings. The maximum absolute atomic E-state index is 13.2. The number of hydrogen-bond donors (Lipinski definition) is 1. The molecule has 33 heavy (non-hydrogen) atoms. The Bertz CT molecular complexity index is 961. The van der Waals surface area contributed by atoms with E-state index >= 15 is 0 Å². The van der Waals surface area contributed by atoms with Crippen molar-refractivity contribution in [2.24, 2.45) is 23.7 Å². The third-order valence-corrected chi connectivity index (χ3v) is 7.52. The fraction of sp³-hybridized carbons (Fsp3) is 0.571.